The number of fused-ring (bicyclic) bond motifs is 1. The molecule has 152 valence electrons. The van der Waals surface area contributed by atoms with Crippen molar-refractivity contribution in [2.24, 2.45) is 11.3 Å². The SMILES string of the molecule is CC1(C(=O)N2CCC3(B4OC(C)(C)C(C)(C)O4)CC3C2)CCS(=O)(=O)CC1. The Bertz CT molecular complexity index is 734. The van der Waals surface area contributed by atoms with E-state index in [1.165, 1.54) is 0 Å². The van der Waals surface area contributed by atoms with E-state index in [0.717, 1.165) is 19.4 Å². The average molecular weight is 397 g/mol. The Kier molecular flexibility index (Phi) is 4.18. The Morgan fingerprint density at radius 2 is 1.56 bits per heavy atom. The van der Waals surface area contributed by atoms with Crippen LogP contribution in [0.25, 0.3) is 0 Å². The van der Waals surface area contributed by atoms with Gasteiger partial charge in [-0.05, 0) is 59.3 Å². The van der Waals surface area contributed by atoms with Gasteiger partial charge in [-0.2, -0.15) is 0 Å². The molecule has 1 saturated carbocycles. The Balaban J connectivity index is 1.41. The molecule has 4 aliphatic rings. The van der Waals surface area contributed by atoms with Gasteiger partial charge in [0.1, 0.15) is 9.84 Å². The summed E-state index contributed by atoms with van der Waals surface area (Å²) in [7, 11) is -3.16. The van der Waals surface area contributed by atoms with Crippen LogP contribution >= 0.6 is 0 Å². The van der Waals surface area contributed by atoms with Crippen LogP contribution in [0, 0.1) is 11.3 Å². The molecule has 27 heavy (non-hydrogen) atoms. The molecule has 1 amide bonds. The molecule has 8 heteroatoms. The average Bonchev–Trinajstić information content (AvgIpc) is 3.25. The molecule has 1 aliphatic carbocycles. The molecule has 3 aliphatic heterocycles. The van der Waals surface area contributed by atoms with Crippen molar-refractivity contribution in [3.05, 3.63) is 0 Å². The van der Waals surface area contributed by atoms with E-state index >= 15 is 0 Å². The second kappa shape index (κ2) is 5.73. The van der Waals surface area contributed by atoms with E-state index in [-0.39, 0.29) is 41.0 Å². The van der Waals surface area contributed by atoms with Crippen molar-refractivity contribution in [3.8, 4) is 0 Å². The van der Waals surface area contributed by atoms with Gasteiger partial charge in [-0.15, -0.1) is 0 Å². The lowest BCUT2D eigenvalue weighted by Gasteiger charge is -2.40. The summed E-state index contributed by atoms with van der Waals surface area (Å²) in [5.41, 5.74) is -1.19. The molecule has 0 N–H and O–H groups in total. The molecule has 0 aromatic heterocycles. The monoisotopic (exact) mass is 397 g/mol. The predicted molar refractivity (Wildman–Crippen MR) is 104 cm³/mol. The quantitative estimate of drug-likeness (QED) is 0.669. The van der Waals surface area contributed by atoms with E-state index in [1.807, 2.05) is 11.8 Å². The third-order valence-corrected chi connectivity index (χ3v) is 9.68. The van der Waals surface area contributed by atoms with Crippen molar-refractivity contribution in [1.29, 1.82) is 0 Å². The van der Waals surface area contributed by atoms with Gasteiger partial charge in [-0.1, -0.05) is 6.92 Å². The highest BCUT2D eigenvalue weighted by Gasteiger charge is 2.70. The molecular weight excluding hydrogens is 365 g/mol. The van der Waals surface area contributed by atoms with Crippen molar-refractivity contribution < 1.29 is 22.5 Å². The van der Waals surface area contributed by atoms with Gasteiger partial charge in [-0.25, -0.2) is 8.42 Å². The minimum atomic E-state index is -2.97. The third-order valence-electron chi connectivity index (χ3n) is 8.02. The summed E-state index contributed by atoms with van der Waals surface area (Å²) in [6.07, 6.45) is 2.82. The van der Waals surface area contributed by atoms with Crippen molar-refractivity contribution in [1.82, 2.24) is 4.90 Å². The van der Waals surface area contributed by atoms with E-state index in [4.69, 9.17) is 9.31 Å². The molecule has 0 spiro atoms. The van der Waals surface area contributed by atoms with E-state index in [0.29, 0.717) is 25.3 Å². The molecule has 0 aromatic rings. The van der Waals surface area contributed by atoms with Crippen molar-refractivity contribution in [2.45, 2.75) is 76.8 Å². The maximum Gasteiger partial charge on any atom is 0.464 e. The molecule has 6 nitrogen and oxygen atoms in total. The minimum Gasteiger partial charge on any atom is -0.403 e. The number of sulfone groups is 1. The molecular formula is C19H32BNO5S. The van der Waals surface area contributed by atoms with Crippen LogP contribution in [0.15, 0.2) is 0 Å². The normalized spacial score (nSPS) is 38.3. The topological polar surface area (TPSA) is 72.9 Å². The van der Waals surface area contributed by atoms with Gasteiger partial charge < -0.3 is 14.2 Å². The van der Waals surface area contributed by atoms with Crippen LogP contribution in [0.3, 0.4) is 0 Å². The third kappa shape index (κ3) is 3.06. The van der Waals surface area contributed by atoms with Crippen LogP contribution in [-0.2, 0) is 23.9 Å². The number of hydrogen-bond acceptors (Lipinski definition) is 5. The number of hydrogen-bond donors (Lipinski definition) is 0. The lowest BCUT2D eigenvalue weighted by atomic mass is 9.63. The highest BCUT2D eigenvalue weighted by Crippen LogP contribution is 2.69. The summed E-state index contributed by atoms with van der Waals surface area (Å²) in [6, 6.07) is 0. The lowest BCUT2D eigenvalue weighted by molar-refractivity contribution is -0.142. The standard InChI is InChI=1S/C19H32BNO5S/c1-16(2)17(3,4)26-20(25-16)19-6-9-21(13-14(19)12-19)15(22)18(5)7-10-27(23,24)11-8-18/h14H,6-13H2,1-5H3. The zero-order chi connectivity index (χ0) is 19.9. The summed E-state index contributed by atoms with van der Waals surface area (Å²) in [6.45, 7) is 11.7. The number of nitrogens with zero attached hydrogens (tertiary/aromatic N) is 1. The molecule has 2 unspecified atom stereocenters. The summed E-state index contributed by atoms with van der Waals surface area (Å²) in [5, 5.41) is 0.0403. The second-order valence-corrected chi connectivity index (χ2v) is 12.7. The van der Waals surface area contributed by atoms with Gasteiger partial charge in [0.25, 0.3) is 0 Å². The highest BCUT2D eigenvalue weighted by atomic mass is 32.2. The summed E-state index contributed by atoms with van der Waals surface area (Å²) in [4.78, 5) is 15.1. The number of amides is 1. The van der Waals surface area contributed by atoms with E-state index in [9.17, 15) is 13.2 Å². The Morgan fingerprint density at radius 3 is 2.07 bits per heavy atom. The number of rotatable bonds is 2. The first-order valence-corrected chi connectivity index (χ1v) is 12.0. The maximum atomic E-state index is 13.2. The smallest absolute Gasteiger partial charge is 0.403 e. The van der Waals surface area contributed by atoms with Gasteiger partial charge in [0.05, 0.1) is 22.7 Å². The predicted octanol–water partition coefficient (Wildman–Crippen LogP) is 2.29. The minimum absolute atomic E-state index is 0.0403. The Labute approximate surface area is 163 Å². The molecule has 2 atom stereocenters. The zero-order valence-electron chi connectivity index (χ0n) is 17.2. The molecule has 3 saturated heterocycles. The van der Waals surface area contributed by atoms with Gasteiger partial charge in [0.15, 0.2) is 0 Å². The van der Waals surface area contributed by atoms with Gasteiger partial charge >= 0.3 is 7.12 Å². The molecule has 0 radical (unpaired) electrons. The first kappa shape index (κ1) is 19.7. The largest absolute Gasteiger partial charge is 0.464 e. The van der Waals surface area contributed by atoms with Gasteiger partial charge in [0.2, 0.25) is 5.91 Å². The van der Waals surface area contributed by atoms with Gasteiger partial charge in [-0.3, -0.25) is 4.79 Å². The fourth-order valence-corrected chi connectivity index (χ4v) is 6.63. The van der Waals surface area contributed by atoms with E-state index in [2.05, 4.69) is 27.7 Å². The van der Waals surface area contributed by atoms with Crippen LogP contribution in [0.4, 0.5) is 0 Å². The molecule has 4 fully saturated rings. The Hall–Kier alpha value is -0.595. The second-order valence-electron chi connectivity index (χ2n) is 10.4. The van der Waals surface area contributed by atoms with Crippen molar-refractivity contribution >= 4 is 22.9 Å². The van der Waals surface area contributed by atoms with Crippen molar-refractivity contribution in [3.63, 3.8) is 0 Å². The fourth-order valence-electron chi connectivity index (χ4n) is 4.91. The van der Waals surface area contributed by atoms with Crippen LogP contribution in [0.2, 0.25) is 5.31 Å². The highest BCUT2D eigenvalue weighted by molar-refractivity contribution is 7.91. The van der Waals surface area contributed by atoms with E-state index in [1.54, 1.807) is 0 Å². The maximum absolute atomic E-state index is 13.2. The van der Waals surface area contributed by atoms with Crippen LogP contribution < -0.4 is 0 Å². The summed E-state index contributed by atoms with van der Waals surface area (Å²) < 4.78 is 36.1. The van der Waals surface area contributed by atoms with Crippen LogP contribution in [0.1, 0.15) is 60.3 Å². The number of piperidine rings is 1. The lowest BCUT2D eigenvalue weighted by Crippen LogP contribution is -2.50. The first-order chi connectivity index (χ1) is 12.3. The number of carbonyl (C=O) groups excluding carboxylic acids is 1. The van der Waals surface area contributed by atoms with E-state index < -0.39 is 15.3 Å². The van der Waals surface area contributed by atoms with Gasteiger partial charge in [0, 0.05) is 23.8 Å². The molecule has 3 heterocycles. The Morgan fingerprint density at radius 1 is 1.00 bits per heavy atom. The fraction of sp³-hybridized carbons (Fsp3) is 0.947. The molecule has 0 bridgehead atoms. The van der Waals surface area contributed by atoms with Crippen LogP contribution in [0.5, 0.6) is 0 Å². The zero-order valence-corrected chi connectivity index (χ0v) is 18.0. The summed E-state index contributed by atoms with van der Waals surface area (Å²) in [5.74, 6) is 0.807. The first-order valence-electron chi connectivity index (χ1n) is 10.2. The van der Waals surface area contributed by atoms with Crippen molar-refractivity contribution in [2.75, 3.05) is 24.6 Å². The van der Waals surface area contributed by atoms with Crippen LogP contribution in [-0.4, -0.2) is 62.1 Å². The molecule has 0 aromatic carbocycles. The number of carbonyl (C=O) groups is 1. The molecule has 4 rings (SSSR count). The summed E-state index contributed by atoms with van der Waals surface area (Å²) >= 11 is 0. The number of likely N-dealkylation sites (tertiary alicyclic amines) is 1.